The number of hydrogen-bond acceptors (Lipinski definition) is 6. The highest BCUT2D eigenvalue weighted by molar-refractivity contribution is 7.22. The third-order valence-electron chi connectivity index (χ3n) is 4.54. The van der Waals surface area contributed by atoms with Gasteiger partial charge in [-0.15, -0.1) is 23.7 Å². The summed E-state index contributed by atoms with van der Waals surface area (Å²) in [7, 11) is 0. The Morgan fingerprint density at radius 2 is 1.83 bits per heavy atom. The number of aromatic nitrogens is 2. The second kappa shape index (κ2) is 9.89. The van der Waals surface area contributed by atoms with Crippen molar-refractivity contribution < 1.29 is 5.11 Å². The monoisotopic (exact) mass is 440 g/mol. The molecular weight excluding hydrogens is 416 g/mol. The van der Waals surface area contributed by atoms with Crippen LogP contribution in [0.5, 0.6) is 5.75 Å². The van der Waals surface area contributed by atoms with Gasteiger partial charge in [-0.05, 0) is 41.8 Å². The average molecular weight is 441 g/mol. The molecule has 2 aromatic heterocycles. The lowest BCUT2D eigenvalue weighted by Crippen LogP contribution is -2.18. The van der Waals surface area contributed by atoms with Crippen molar-refractivity contribution in [2.24, 2.45) is 5.92 Å². The van der Waals surface area contributed by atoms with Crippen molar-refractivity contribution in [1.29, 1.82) is 0 Å². The van der Waals surface area contributed by atoms with Crippen LogP contribution in [0, 0.1) is 5.92 Å². The average Bonchev–Trinajstić information content (AvgIpc) is 3.14. The molecule has 0 amide bonds. The molecule has 4 aromatic rings. The molecule has 0 aliphatic carbocycles. The lowest BCUT2D eigenvalue weighted by molar-refractivity contribution is 0.475. The number of fused-ring (bicyclic) bond motifs is 1. The molecule has 0 atom stereocenters. The molecule has 0 fully saturated rings. The van der Waals surface area contributed by atoms with Crippen molar-refractivity contribution >= 4 is 45.5 Å². The lowest BCUT2D eigenvalue weighted by Gasteiger charge is -2.07. The topological polar surface area (TPSA) is 70.1 Å². The number of rotatable bonds is 7. The van der Waals surface area contributed by atoms with Crippen LogP contribution in [0.1, 0.15) is 19.4 Å². The molecule has 0 aliphatic heterocycles. The van der Waals surface area contributed by atoms with Crippen molar-refractivity contribution in [2.45, 2.75) is 20.4 Å². The number of nitrogens with one attached hydrogen (secondary N) is 2. The fourth-order valence-electron chi connectivity index (χ4n) is 3.10. The van der Waals surface area contributed by atoms with E-state index in [4.69, 9.17) is 0 Å². The minimum absolute atomic E-state index is 0. The van der Waals surface area contributed by atoms with Crippen molar-refractivity contribution in [3.63, 3.8) is 0 Å². The molecule has 0 saturated heterocycles. The maximum absolute atomic E-state index is 9.69. The highest BCUT2D eigenvalue weighted by Crippen LogP contribution is 2.36. The Balaban J connectivity index is 0.00000256. The summed E-state index contributed by atoms with van der Waals surface area (Å²) in [5.41, 5.74) is 4.15. The molecule has 156 valence electrons. The van der Waals surface area contributed by atoms with Crippen LogP contribution >= 0.6 is 23.7 Å². The molecule has 0 unspecified atom stereocenters. The SMILES string of the molecule is CC(C)CNCc1ccc(-c2cc3ncnc(Nc4cccc(O)c4)c3s2)cc1.Cl. The third kappa shape index (κ3) is 5.27. The number of halogens is 1. The number of phenolic OH excluding ortho intramolecular Hbond substituents is 1. The Morgan fingerprint density at radius 1 is 1.03 bits per heavy atom. The maximum Gasteiger partial charge on any atom is 0.151 e. The van der Waals surface area contributed by atoms with Gasteiger partial charge in [0.1, 0.15) is 12.1 Å². The number of nitrogens with zero attached hydrogens (tertiary/aromatic N) is 2. The van der Waals surface area contributed by atoms with Crippen molar-refractivity contribution in [3.8, 4) is 16.2 Å². The smallest absolute Gasteiger partial charge is 0.151 e. The summed E-state index contributed by atoms with van der Waals surface area (Å²) in [5.74, 6) is 1.61. The molecular formula is C23H25ClN4OS. The first kappa shape index (κ1) is 22.0. The first-order valence-corrected chi connectivity index (χ1v) is 10.5. The minimum atomic E-state index is 0. The quantitative estimate of drug-likeness (QED) is 0.330. The minimum Gasteiger partial charge on any atom is -0.508 e. The highest BCUT2D eigenvalue weighted by atomic mass is 35.5. The Hall–Kier alpha value is -2.67. The molecule has 0 saturated carbocycles. The van der Waals surface area contributed by atoms with Crippen LogP contribution in [0.2, 0.25) is 0 Å². The largest absolute Gasteiger partial charge is 0.508 e. The van der Waals surface area contributed by atoms with E-state index in [9.17, 15) is 5.11 Å². The number of benzene rings is 2. The Morgan fingerprint density at radius 3 is 2.57 bits per heavy atom. The normalized spacial score (nSPS) is 10.9. The van der Waals surface area contributed by atoms with E-state index in [1.165, 1.54) is 11.1 Å². The molecule has 4 rings (SSSR count). The zero-order valence-corrected chi connectivity index (χ0v) is 18.6. The summed E-state index contributed by atoms with van der Waals surface area (Å²) in [6.45, 7) is 6.33. The fourth-order valence-corrected chi connectivity index (χ4v) is 4.16. The van der Waals surface area contributed by atoms with Gasteiger partial charge in [0.2, 0.25) is 0 Å². The van der Waals surface area contributed by atoms with Gasteiger partial charge in [-0.1, -0.05) is 44.2 Å². The summed E-state index contributed by atoms with van der Waals surface area (Å²) in [6, 6.07) is 17.8. The predicted octanol–water partition coefficient (Wildman–Crippen LogP) is 5.97. The number of anilines is 2. The first-order chi connectivity index (χ1) is 14.1. The van der Waals surface area contributed by atoms with Gasteiger partial charge in [0.15, 0.2) is 5.82 Å². The van der Waals surface area contributed by atoms with Gasteiger partial charge in [0.05, 0.1) is 10.2 Å². The van der Waals surface area contributed by atoms with Crippen LogP contribution in [0.15, 0.2) is 60.9 Å². The molecule has 0 aliphatic rings. The van der Waals surface area contributed by atoms with Gasteiger partial charge in [0, 0.05) is 23.2 Å². The van der Waals surface area contributed by atoms with E-state index in [-0.39, 0.29) is 18.2 Å². The molecule has 2 aromatic carbocycles. The van der Waals surface area contributed by atoms with E-state index in [1.807, 2.05) is 6.07 Å². The van der Waals surface area contributed by atoms with Crippen LogP contribution in [0.3, 0.4) is 0 Å². The third-order valence-corrected chi connectivity index (χ3v) is 5.72. The molecule has 0 bridgehead atoms. The lowest BCUT2D eigenvalue weighted by atomic mass is 10.1. The van der Waals surface area contributed by atoms with Crippen molar-refractivity contribution in [3.05, 3.63) is 66.5 Å². The zero-order chi connectivity index (χ0) is 20.2. The molecule has 0 radical (unpaired) electrons. The summed E-state index contributed by atoms with van der Waals surface area (Å²) in [4.78, 5) is 9.97. The number of phenols is 1. The molecule has 3 N–H and O–H groups in total. The number of hydrogen-bond donors (Lipinski definition) is 3. The van der Waals surface area contributed by atoms with Gasteiger partial charge in [-0.3, -0.25) is 0 Å². The molecule has 5 nitrogen and oxygen atoms in total. The van der Waals surface area contributed by atoms with Crippen LogP contribution < -0.4 is 10.6 Å². The fraction of sp³-hybridized carbons (Fsp3) is 0.217. The van der Waals surface area contributed by atoms with Gasteiger partial charge < -0.3 is 15.7 Å². The number of aromatic hydroxyl groups is 1. The Labute approximate surface area is 186 Å². The van der Waals surface area contributed by atoms with Crippen LogP contribution in [-0.4, -0.2) is 21.6 Å². The number of thiophene rings is 1. The second-order valence-corrected chi connectivity index (χ2v) is 8.50. The summed E-state index contributed by atoms with van der Waals surface area (Å²) in [6.07, 6.45) is 1.56. The Bertz CT molecular complexity index is 1110. The van der Waals surface area contributed by atoms with Crippen molar-refractivity contribution in [2.75, 3.05) is 11.9 Å². The van der Waals surface area contributed by atoms with E-state index in [1.54, 1.807) is 35.9 Å². The second-order valence-electron chi connectivity index (χ2n) is 7.44. The van der Waals surface area contributed by atoms with E-state index >= 15 is 0 Å². The first-order valence-electron chi connectivity index (χ1n) is 9.69. The van der Waals surface area contributed by atoms with Gasteiger partial charge >= 0.3 is 0 Å². The summed E-state index contributed by atoms with van der Waals surface area (Å²) >= 11 is 1.66. The van der Waals surface area contributed by atoms with Gasteiger partial charge in [-0.25, -0.2) is 9.97 Å². The summed E-state index contributed by atoms with van der Waals surface area (Å²) < 4.78 is 0.994. The standard InChI is InChI=1S/C23H24N4OS.ClH/c1-15(2)12-24-13-16-6-8-17(9-7-16)21-11-20-22(29-21)23(26-14-25-20)27-18-4-3-5-19(28)10-18;/h3-11,14-15,24,28H,12-13H2,1-2H3,(H,25,26,27);1H. The van der Waals surface area contributed by atoms with E-state index < -0.39 is 0 Å². The zero-order valence-electron chi connectivity index (χ0n) is 16.9. The van der Waals surface area contributed by atoms with E-state index in [0.29, 0.717) is 5.92 Å². The Kier molecular flexibility index (Phi) is 7.26. The predicted molar refractivity (Wildman–Crippen MR) is 128 cm³/mol. The summed E-state index contributed by atoms with van der Waals surface area (Å²) in [5, 5.41) is 16.4. The van der Waals surface area contributed by atoms with E-state index in [2.05, 4.69) is 64.8 Å². The van der Waals surface area contributed by atoms with Crippen LogP contribution in [-0.2, 0) is 6.54 Å². The molecule has 30 heavy (non-hydrogen) atoms. The molecule has 0 spiro atoms. The van der Waals surface area contributed by atoms with E-state index in [0.717, 1.165) is 39.7 Å². The molecule has 2 heterocycles. The van der Waals surface area contributed by atoms with Gasteiger partial charge in [-0.2, -0.15) is 0 Å². The maximum atomic E-state index is 9.69. The van der Waals surface area contributed by atoms with Crippen LogP contribution in [0.25, 0.3) is 20.7 Å². The molecule has 7 heteroatoms. The van der Waals surface area contributed by atoms with Gasteiger partial charge in [0.25, 0.3) is 0 Å². The van der Waals surface area contributed by atoms with Crippen molar-refractivity contribution in [1.82, 2.24) is 15.3 Å². The van der Waals surface area contributed by atoms with Crippen LogP contribution in [0.4, 0.5) is 11.5 Å². The highest BCUT2D eigenvalue weighted by Gasteiger charge is 2.11.